The lowest BCUT2D eigenvalue weighted by Crippen LogP contribution is -2.29. The van der Waals surface area contributed by atoms with Gasteiger partial charge in [-0.2, -0.15) is 0 Å². The zero-order chi connectivity index (χ0) is 17.8. The highest BCUT2D eigenvalue weighted by Gasteiger charge is 2.11. The number of nitrogens with zero attached hydrogens (tertiary/aromatic N) is 3. The Hall–Kier alpha value is -2.54. The standard InChI is InChI=1S/C18H17BrN4O2/c1-12(13-3-2-7-20-10-13)22-17(24)6-8-23-11-21-16-5-4-14(19)9-15(16)18(23)25/h2-5,7,9-12H,6,8H2,1H3,(H,22,24). The van der Waals surface area contributed by atoms with Gasteiger partial charge in [0.2, 0.25) is 5.91 Å². The highest BCUT2D eigenvalue weighted by atomic mass is 79.9. The number of aromatic nitrogens is 3. The van der Waals surface area contributed by atoms with Crippen LogP contribution in [0.5, 0.6) is 0 Å². The molecule has 0 fully saturated rings. The molecule has 6 nitrogen and oxygen atoms in total. The number of hydrogen-bond donors (Lipinski definition) is 1. The molecule has 1 N–H and O–H groups in total. The molecule has 2 heterocycles. The second-order valence-corrected chi connectivity index (χ2v) is 6.65. The molecule has 1 unspecified atom stereocenters. The molecular formula is C18H17BrN4O2. The Balaban J connectivity index is 1.67. The predicted octanol–water partition coefficient (Wildman–Crippen LogP) is 2.82. The number of halogens is 1. The summed E-state index contributed by atoms with van der Waals surface area (Å²) in [4.78, 5) is 33.0. The molecule has 128 valence electrons. The zero-order valence-corrected chi connectivity index (χ0v) is 15.2. The van der Waals surface area contributed by atoms with E-state index in [0.717, 1.165) is 10.0 Å². The first kappa shape index (κ1) is 17.3. The smallest absolute Gasteiger partial charge is 0.261 e. The quantitative estimate of drug-likeness (QED) is 0.714. The summed E-state index contributed by atoms with van der Waals surface area (Å²) in [5.41, 5.74) is 1.42. The summed E-state index contributed by atoms with van der Waals surface area (Å²) in [6.07, 6.45) is 5.10. The third-order valence-corrected chi connectivity index (χ3v) is 4.42. The molecule has 0 aliphatic rings. The highest BCUT2D eigenvalue weighted by molar-refractivity contribution is 9.10. The molecule has 1 aromatic carbocycles. The maximum absolute atomic E-state index is 12.5. The Morgan fingerprint density at radius 3 is 2.96 bits per heavy atom. The van der Waals surface area contributed by atoms with Gasteiger partial charge in [0.1, 0.15) is 0 Å². The third-order valence-electron chi connectivity index (χ3n) is 3.93. The van der Waals surface area contributed by atoms with Gasteiger partial charge in [-0.05, 0) is 36.8 Å². The van der Waals surface area contributed by atoms with Crippen molar-refractivity contribution in [3.8, 4) is 0 Å². The number of pyridine rings is 1. The number of carbonyl (C=O) groups excluding carboxylic acids is 1. The predicted molar refractivity (Wildman–Crippen MR) is 99.1 cm³/mol. The van der Waals surface area contributed by atoms with Gasteiger partial charge in [-0.15, -0.1) is 0 Å². The van der Waals surface area contributed by atoms with Crippen LogP contribution in [-0.4, -0.2) is 20.4 Å². The van der Waals surface area contributed by atoms with Gasteiger partial charge in [-0.25, -0.2) is 4.98 Å². The number of carbonyl (C=O) groups is 1. The van der Waals surface area contributed by atoms with E-state index >= 15 is 0 Å². The van der Waals surface area contributed by atoms with Crippen molar-refractivity contribution in [3.63, 3.8) is 0 Å². The average Bonchev–Trinajstić information content (AvgIpc) is 2.62. The summed E-state index contributed by atoms with van der Waals surface area (Å²) >= 11 is 3.36. The molecule has 0 aliphatic heterocycles. The number of benzene rings is 1. The second-order valence-electron chi connectivity index (χ2n) is 5.73. The van der Waals surface area contributed by atoms with E-state index in [1.807, 2.05) is 25.1 Å². The van der Waals surface area contributed by atoms with Crippen LogP contribution >= 0.6 is 15.9 Å². The molecule has 0 spiro atoms. The van der Waals surface area contributed by atoms with E-state index < -0.39 is 0 Å². The second kappa shape index (κ2) is 7.57. The highest BCUT2D eigenvalue weighted by Crippen LogP contribution is 2.15. The van der Waals surface area contributed by atoms with Crippen LogP contribution in [0.2, 0.25) is 0 Å². The lowest BCUT2D eigenvalue weighted by atomic mass is 10.1. The summed E-state index contributed by atoms with van der Waals surface area (Å²) in [6, 6.07) is 8.97. The fourth-order valence-electron chi connectivity index (χ4n) is 2.54. The van der Waals surface area contributed by atoms with Crippen molar-refractivity contribution in [2.75, 3.05) is 0 Å². The molecule has 0 radical (unpaired) electrons. The van der Waals surface area contributed by atoms with E-state index in [1.54, 1.807) is 24.5 Å². The molecule has 1 amide bonds. The van der Waals surface area contributed by atoms with Gasteiger partial charge in [-0.3, -0.25) is 19.1 Å². The number of fused-ring (bicyclic) bond motifs is 1. The van der Waals surface area contributed by atoms with Crippen LogP contribution < -0.4 is 10.9 Å². The largest absolute Gasteiger partial charge is 0.349 e. The van der Waals surface area contributed by atoms with Gasteiger partial charge in [0, 0.05) is 29.8 Å². The molecule has 0 saturated heterocycles. The number of rotatable bonds is 5. The van der Waals surface area contributed by atoms with E-state index in [1.165, 1.54) is 10.9 Å². The topological polar surface area (TPSA) is 76.9 Å². The van der Waals surface area contributed by atoms with E-state index in [-0.39, 0.29) is 30.5 Å². The lowest BCUT2D eigenvalue weighted by Gasteiger charge is -2.14. The van der Waals surface area contributed by atoms with Crippen LogP contribution in [0.1, 0.15) is 24.9 Å². The first-order valence-corrected chi connectivity index (χ1v) is 8.68. The zero-order valence-electron chi connectivity index (χ0n) is 13.6. The Bertz CT molecular complexity index is 956. The van der Waals surface area contributed by atoms with Crippen LogP contribution in [0.15, 0.2) is 58.3 Å². The lowest BCUT2D eigenvalue weighted by molar-refractivity contribution is -0.121. The minimum atomic E-state index is -0.153. The molecule has 0 bridgehead atoms. The molecule has 3 rings (SSSR count). The number of amides is 1. The fourth-order valence-corrected chi connectivity index (χ4v) is 2.90. The van der Waals surface area contributed by atoms with E-state index in [4.69, 9.17) is 0 Å². The van der Waals surface area contributed by atoms with Gasteiger partial charge in [0.15, 0.2) is 0 Å². The summed E-state index contributed by atoms with van der Waals surface area (Å²) in [5, 5.41) is 3.44. The SMILES string of the molecule is CC(NC(=O)CCn1cnc2ccc(Br)cc2c1=O)c1cccnc1. The minimum Gasteiger partial charge on any atom is -0.349 e. The Kier molecular flexibility index (Phi) is 5.23. The van der Waals surface area contributed by atoms with Crippen molar-refractivity contribution in [1.82, 2.24) is 19.9 Å². The van der Waals surface area contributed by atoms with Crippen LogP contribution in [0, 0.1) is 0 Å². The van der Waals surface area contributed by atoms with Crippen LogP contribution in [0.3, 0.4) is 0 Å². The molecule has 7 heteroatoms. The maximum atomic E-state index is 12.5. The monoisotopic (exact) mass is 400 g/mol. The van der Waals surface area contributed by atoms with Gasteiger partial charge < -0.3 is 5.32 Å². The van der Waals surface area contributed by atoms with Crippen molar-refractivity contribution < 1.29 is 4.79 Å². The van der Waals surface area contributed by atoms with Crippen LogP contribution in [0.4, 0.5) is 0 Å². The number of hydrogen-bond acceptors (Lipinski definition) is 4. The van der Waals surface area contributed by atoms with Crippen LogP contribution in [-0.2, 0) is 11.3 Å². The van der Waals surface area contributed by atoms with Crippen molar-refractivity contribution in [2.45, 2.75) is 25.9 Å². The molecule has 0 saturated carbocycles. The van der Waals surface area contributed by atoms with E-state index in [9.17, 15) is 9.59 Å². The number of nitrogens with one attached hydrogen (secondary N) is 1. The molecule has 3 aromatic rings. The fraction of sp³-hybridized carbons (Fsp3) is 0.222. The van der Waals surface area contributed by atoms with Crippen LogP contribution in [0.25, 0.3) is 10.9 Å². The summed E-state index contributed by atoms with van der Waals surface area (Å²) in [7, 11) is 0. The normalized spacial score (nSPS) is 12.1. The Morgan fingerprint density at radius 1 is 1.36 bits per heavy atom. The first-order chi connectivity index (χ1) is 12.0. The molecule has 25 heavy (non-hydrogen) atoms. The van der Waals surface area contributed by atoms with Gasteiger partial charge in [0.05, 0.1) is 23.3 Å². The number of aryl methyl sites for hydroxylation is 1. The van der Waals surface area contributed by atoms with Gasteiger partial charge in [0.25, 0.3) is 5.56 Å². The summed E-state index contributed by atoms with van der Waals surface area (Å²) < 4.78 is 2.28. The molecule has 2 aromatic heterocycles. The van der Waals surface area contributed by atoms with E-state index in [0.29, 0.717) is 10.9 Å². The van der Waals surface area contributed by atoms with E-state index in [2.05, 4.69) is 31.2 Å². The van der Waals surface area contributed by atoms with Crippen molar-refractivity contribution in [3.05, 3.63) is 69.4 Å². The Morgan fingerprint density at radius 2 is 2.20 bits per heavy atom. The minimum absolute atomic E-state index is 0.127. The molecular weight excluding hydrogens is 384 g/mol. The maximum Gasteiger partial charge on any atom is 0.261 e. The first-order valence-electron chi connectivity index (χ1n) is 7.88. The van der Waals surface area contributed by atoms with Crippen molar-refractivity contribution >= 4 is 32.7 Å². The molecule has 0 aliphatic carbocycles. The summed E-state index contributed by atoms with van der Waals surface area (Å²) in [6.45, 7) is 2.18. The van der Waals surface area contributed by atoms with Crippen molar-refractivity contribution in [1.29, 1.82) is 0 Å². The average molecular weight is 401 g/mol. The Labute approximate surface area is 153 Å². The van der Waals surface area contributed by atoms with Crippen molar-refractivity contribution in [2.24, 2.45) is 0 Å². The van der Waals surface area contributed by atoms with Gasteiger partial charge in [-0.1, -0.05) is 22.0 Å². The van der Waals surface area contributed by atoms with Gasteiger partial charge >= 0.3 is 0 Å². The summed E-state index contributed by atoms with van der Waals surface area (Å²) in [5.74, 6) is -0.127. The molecule has 1 atom stereocenters. The third kappa shape index (κ3) is 4.11.